The van der Waals surface area contributed by atoms with Gasteiger partial charge in [0.15, 0.2) is 0 Å². The fourth-order valence-corrected chi connectivity index (χ4v) is 2.84. The van der Waals surface area contributed by atoms with Crippen molar-refractivity contribution in [3.63, 3.8) is 0 Å². The quantitative estimate of drug-likeness (QED) is 0.401. The van der Waals surface area contributed by atoms with Crippen LogP contribution in [0.25, 0.3) is 0 Å². The predicted octanol–water partition coefficient (Wildman–Crippen LogP) is 1.52. The van der Waals surface area contributed by atoms with Gasteiger partial charge >= 0.3 is 5.97 Å². The Morgan fingerprint density at radius 2 is 2.50 bits per heavy atom. The maximum atomic E-state index is 11.3. The van der Waals surface area contributed by atoms with Crippen LogP contribution in [0.3, 0.4) is 0 Å². The second kappa shape index (κ2) is 1.93. The highest BCUT2D eigenvalue weighted by Gasteiger charge is 2.53. The number of hydrogen-bond donors (Lipinski definition) is 0. The lowest BCUT2D eigenvalue weighted by Gasteiger charge is -2.40. The smallest absolute Gasteiger partial charge is 0.310 e. The Kier molecular flexibility index (Phi) is 1.07. The minimum atomic E-state index is 0.0454. The standard InChI is InChI=1S/C10H12O2/c11-9-8-5-7-1-3-10(8,4-2-7)6-12-9/h1,3,7-8H,2,4-6H2. The van der Waals surface area contributed by atoms with Gasteiger partial charge < -0.3 is 4.74 Å². The van der Waals surface area contributed by atoms with Crippen LogP contribution in [0, 0.1) is 17.3 Å². The van der Waals surface area contributed by atoms with E-state index in [-0.39, 0.29) is 17.3 Å². The van der Waals surface area contributed by atoms with Crippen molar-refractivity contribution in [2.24, 2.45) is 17.3 Å². The zero-order chi connectivity index (χ0) is 8.18. The van der Waals surface area contributed by atoms with Gasteiger partial charge in [0.05, 0.1) is 5.92 Å². The number of carbonyl (C=O) groups excluding carboxylic acids is 1. The van der Waals surface area contributed by atoms with Crippen LogP contribution in [0.2, 0.25) is 0 Å². The van der Waals surface area contributed by atoms with Gasteiger partial charge in [0.25, 0.3) is 0 Å². The van der Waals surface area contributed by atoms with E-state index in [0.717, 1.165) is 12.8 Å². The van der Waals surface area contributed by atoms with Crippen molar-refractivity contribution in [2.45, 2.75) is 19.3 Å². The highest BCUT2D eigenvalue weighted by atomic mass is 16.5. The maximum Gasteiger partial charge on any atom is 0.310 e. The molecule has 0 aromatic carbocycles. The fraction of sp³-hybridized carbons (Fsp3) is 0.700. The zero-order valence-corrected chi connectivity index (χ0v) is 6.95. The highest BCUT2D eigenvalue weighted by molar-refractivity contribution is 5.77. The van der Waals surface area contributed by atoms with Crippen molar-refractivity contribution >= 4 is 5.97 Å². The molecule has 3 atom stereocenters. The van der Waals surface area contributed by atoms with Gasteiger partial charge in [-0.25, -0.2) is 0 Å². The van der Waals surface area contributed by atoms with Crippen molar-refractivity contribution in [1.29, 1.82) is 0 Å². The SMILES string of the molecule is O=C1OCC23C=CC(CC2)CC13. The molecule has 2 bridgehead atoms. The molecule has 12 heavy (non-hydrogen) atoms. The lowest BCUT2D eigenvalue weighted by Crippen LogP contribution is -2.38. The molecule has 0 N–H and O–H groups in total. The van der Waals surface area contributed by atoms with Crippen LogP contribution in [-0.2, 0) is 9.53 Å². The summed E-state index contributed by atoms with van der Waals surface area (Å²) in [5.41, 5.74) is 0.117. The number of fused-ring (bicyclic) bond motifs is 1. The van der Waals surface area contributed by atoms with Crippen LogP contribution in [0.5, 0.6) is 0 Å². The first kappa shape index (κ1) is 6.70. The van der Waals surface area contributed by atoms with Crippen LogP contribution in [0.4, 0.5) is 0 Å². The number of esters is 1. The molecule has 0 amide bonds. The fourth-order valence-electron chi connectivity index (χ4n) is 2.84. The Hall–Kier alpha value is -0.790. The first-order valence-corrected chi connectivity index (χ1v) is 4.66. The van der Waals surface area contributed by atoms with E-state index in [4.69, 9.17) is 4.74 Å². The summed E-state index contributed by atoms with van der Waals surface area (Å²) in [7, 11) is 0. The summed E-state index contributed by atoms with van der Waals surface area (Å²) in [6.07, 6.45) is 7.96. The minimum absolute atomic E-state index is 0.0454. The van der Waals surface area contributed by atoms with Gasteiger partial charge in [-0.2, -0.15) is 0 Å². The number of hydrogen-bond acceptors (Lipinski definition) is 2. The van der Waals surface area contributed by atoms with E-state index in [1.165, 1.54) is 6.42 Å². The van der Waals surface area contributed by atoms with Gasteiger partial charge in [0.1, 0.15) is 6.61 Å². The first-order chi connectivity index (χ1) is 5.80. The topological polar surface area (TPSA) is 26.3 Å². The van der Waals surface area contributed by atoms with Gasteiger partial charge in [0, 0.05) is 5.41 Å². The van der Waals surface area contributed by atoms with Crippen molar-refractivity contribution < 1.29 is 9.53 Å². The summed E-state index contributed by atoms with van der Waals surface area (Å²) in [5, 5.41) is 0. The summed E-state index contributed by atoms with van der Waals surface area (Å²) in [5.74, 6) is 0.896. The Bertz CT molecular complexity index is 269. The molecule has 1 spiro atoms. The number of allylic oxidation sites excluding steroid dienone is 1. The summed E-state index contributed by atoms with van der Waals surface area (Å²) in [4.78, 5) is 11.3. The Balaban J connectivity index is 2.07. The van der Waals surface area contributed by atoms with E-state index in [1.54, 1.807) is 0 Å². The summed E-state index contributed by atoms with van der Waals surface area (Å²) in [6.45, 7) is 0.639. The molecule has 2 heteroatoms. The third-order valence-corrected chi connectivity index (χ3v) is 3.68. The lowest BCUT2D eigenvalue weighted by molar-refractivity contribution is -0.141. The molecule has 64 valence electrons. The molecule has 0 radical (unpaired) electrons. The summed E-state index contributed by atoms with van der Waals surface area (Å²) in [6, 6.07) is 0. The van der Waals surface area contributed by atoms with Crippen LogP contribution < -0.4 is 0 Å². The van der Waals surface area contributed by atoms with Gasteiger partial charge in [-0.15, -0.1) is 0 Å². The molecule has 0 aromatic heterocycles. The average Bonchev–Trinajstić information content (AvgIpc) is 2.46. The summed E-state index contributed by atoms with van der Waals surface area (Å²) < 4.78 is 5.13. The third-order valence-electron chi connectivity index (χ3n) is 3.68. The molecule has 1 aliphatic heterocycles. The third kappa shape index (κ3) is 0.637. The van der Waals surface area contributed by atoms with Crippen molar-refractivity contribution in [3.8, 4) is 0 Å². The Morgan fingerprint density at radius 3 is 3.17 bits per heavy atom. The molecule has 0 aromatic rings. The van der Waals surface area contributed by atoms with E-state index in [2.05, 4.69) is 12.2 Å². The Labute approximate surface area is 71.6 Å². The van der Waals surface area contributed by atoms with Gasteiger partial charge in [-0.1, -0.05) is 12.2 Å². The van der Waals surface area contributed by atoms with Gasteiger partial charge in [0.2, 0.25) is 0 Å². The van der Waals surface area contributed by atoms with E-state index in [1.807, 2.05) is 0 Å². The zero-order valence-electron chi connectivity index (χ0n) is 6.95. The molecular formula is C10H12O2. The minimum Gasteiger partial charge on any atom is -0.464 e. The molecule has 4 rings (SSSR count). The molecule has 1 saturated heterocycles. The lowest BCUT2D eigenvalue weighted by atomic mass is 9.60. The molecule has 1 saturated carbocycles. The largest absolute Gasteiger partial charge is 0.464 e. The molecular weight excluding hydrogens is 152 g/mol. The number of rotatable bonds is 0. The monoisotopic (exact) mass is 164 g/mol. The van der Waals surface area contributed by atoms with Crippen molar-refractivity contribution in [1.82, 2.24) is 0 Å². The van der Waals surface area contributed by atoms with E-state index in [0.29, 0.717) is 12.5 Å². The first-order valence-electron chi connectivity index (χ1n) is 4.66. The van der Waals surface area contributed by atoms with Crippen molar-refractivity contribution in [2.75, 3.05) is 6.61 Å². The number of carbonyl (C=O) groups is 1. The average molecular weight is 164 g/mol. The molecule has 3 aliphatic carbocycles. The normalized spacial score (nSPS) is 49.2. The number of cyclic esters (lactones) is 1. The van der Waals surface area contributed by atoms with Gasteiger partial charge in [-0.05, 0) is 25.2 Å². The van der Waals surface area contributed by atoms with Crippen molar-refractivity contribution in [3.05, 3.63) is 12.2 Å². The number of ether oxygens (including phenoxy) is 1. The Morgan fingerprint density at radius 1 is 1.58 bits per heavy atom. The highest BCUT2D eigenvalue weighted by Crippen LogP contribution is 2.53. The second-order valence-electron chi connectivity index (χ2n) is 4.29. The van der Waals surface area contributed by atoms with E-state index < -0.39 is 0 Å². The maximum absolute atomic E-state index is 11.3. The van der Waals surface area contributed by atoms with Crippen LogP contribution in [0.1, 0.15) is 19.3 Å². The van der Waals surface area contributed by atoms with E-state index >= 15 is 0 Å². The van der Waals surface area contributed by atoms with Crippen LogP contribution in [-0.4, -0.2) is 12.6 Å². The van der Waals surface area contributed by atoms with Crippen LogP contribution in [0.15, 0.2) is 12.2 Å². The molecule has 3 unspecified atom stereocenters. The van der Waals surface area contributed by atoms with E-state index in [9.17, 15) is 4.79 Å². The van der Waals surface area contributed by atoms with Gasteiger partial charge in [-0.3, -0.25) is 4.79 Å². The summed E-state index contributed by atoms with van der Waals surface area (Å²) >= 11 is 0. The molecule has 2 fully saturated rings. The predicted molar refractivity (Wildman–Crippen MR) is 43.4 cm³/mol. The molecule has 4 aliphatic rings. The molecule has 2 nitrogen and oxygen atoms in total. The molecule has 1 heterocycles. The van der Waals surface area contributed by atoms with Crippen LogP contribution >= 0.6 is 0 Å². The second-order valence-corrected chi connectivity index (χ2v) is 4.29.